The van der Waals surface area contributed by atoms with Gasteiger partial charge in [-0.2, -0.15) is 0 Å². The Morgan fingerprint density at radius 1 is 0.953 bits per heavy atom. The number of hydrogen-bond acceptors (Lipinski definition) is 8. The second-order valence-corrected chi connectivity index (χ2v) is 9.92. The number of hydrogen-bond donors (Lipinski definition) is 4. The van der Waals surface area contributed by atoms with Crippen molar-refractivity contribution in [3.05, 3.63) is 88.5 Å². The van der Waals surface area contributed by atoms with Crippen LogP contribution < -0.4 is 26.7 Å². The summed E-state index contributed by atoms with van der Waals surface area (Å²) in [5.74, 6) is -3.07. The molecule has 1 atom stereocenters. The van der Waals surface area contributed by atoms with E-state index in [0.717, 1.165) is 11.0 Å². The fourth-order valence-corrected chi connectivity index (χ4v) is 4.84. The molecule has 0 saturated carbocycles. The number of nitrogens with one attached hydrogen (secondary N) is 1. The molecule has 0 spiro atoms. The molecular weight excluding hydrogens is 573 g/mol. The monoisotopic (exact) mass is 597 g/mol. The maximum absolute atomic E-state index is 13.8. The van der Waals surface area contributed by atoms with Crippen LogP contribution in [0.5, 0.6) is 5.75 Å². The van der Waals surface area contributed by atoms with Crippen LogP contribution in [0.25, 0.3) is 0 Å². The van der Waals surface area contributed by atoms with E-state index in [9.17, 15) is 37.6 Å². The summed E-state index contributed by atoms with van der Waals surface area (Å²) in [6, 6.07) is 12.5. The number of benzene rings is 3. The van der Waals surface area contributed by atoms with Gasteiger partial charge in [0.2, 0.25) is 5.91 Å². The predicted molar refractivity (Wildman–Crippen MR) is 146 cm³/mol. The summed E-state index contributed by atoms with van der Waals surface area (Å²) in [6.45, 7) is -0.723. The molecule has 0 fully saturated rings. The first-order valence-corrected chi connectivity index (χ1v) is 13.0. The van der Waals surface area contributed by atoms with Crippen LogP contribution in [0.3, 0.4) is 0 Å². The van der Waals surface area contributed by atoms with Crippen LogP contribution in [-0.4, -0.2) is 65.9 Å². The fraction of sp³-hybridized carbons (Fsp3) is 0.222. The number of rotatable bonds is 9. The Kier molecular flexibility index (Phi) is 8.46. The van der Waals surface area contributed by atoms with Crippen LogP contribution in [0.2, 0.25) is 0 Å². The van der Waals surface area contributed by atoms with Gasteiger partial charge < -0.3 is 40.0 Å². The number of carbonyl (C=O) groups excluding carboxylic acids is 3. The first-order chi connectivity index (χ1) is 20.4. The highest BCUT2D eigenvalue weighted by Gasteiger charge is 2.34. The Balaban J connectivity index is 1.44. The zero-order valence-corrected chi connectivity index (χ0v) is 22.3. The lowest BCUT2D eigenvalue weighted by atomic mass is 9.78. The molecule has 2 aliphatic rings. The van der Waals surface area contributed by atoms with Gasteiger partial charge in [0.05, 0.1) is 19.8 Å². The van der Waals surface area contributed by atoms with Crippen molar-refractivity contribution in [1.82, 2.24) is 10.2 Å². The standard InChI is InChI=1S/C27H24B2F3N3O8/c30-27(31,32)43-23-4-2-1-3-17(23)11-35(26(38)16-6-8-19-14-42-29(40)21(19)10-16)12-22(24(33)36)34-25(37)15-5-7-18-13-41-28(39)20(18)9-15/h1-10,22,39-40H,11-14H2,(H2,33,36)(H,34,37). The highest BCUT2D eigenvalue weighted by Crippen LogP contribution is 2.28. The highest BCUT2D eigenvalue weighted by molar-refractivity contribution is 6.62. The average Bonchev–Trinajstić information content (AvgIpc) is 3.53. The smallest absolute Gasteiger partial charge is 0.423 e. The molecular formula is C27H24B2F3N3O8. The maximum atomic E-state index is 13.8. The first kappa shape index (κ1) is 30.1. The third-order valence-corrected chi connectivity index (χ3v) is 7.02. The highest BCUT2D eigenvalue weighted by atomic mass is 19.4. The molecule has 5 rings (SSSR count). The Morgan fingerprint density at radius 3 is 2.14 bits per heavy atom. The average molecular weight is 597 g/mol. The molecule has 0 saturated heterocycles. The first-order valence-electron chi connectivity index (χ1n) is 13.0. The van der Waals surface area contributed by atoms with E-state index in [4.69, 9.17) is 15.0 Å². The molecule has 0 bridgehead atoms. The summed E-state index contributed by atoms with van der Waals surface area (Å²) >= 11 is 0. The largest absolute Gasteiger partial charge is 0.573 e. The number of nitrogens with zero attached hydrogens (tertiary/aromatic N) is 1. The molecule has 0 aromatic heterocycles. The summed E-state index contributed by atoms with van der Waals surface area (Å²) in [4.78, 5) is 40.4. The molecule has 0 radical (unpaired) electrons. The number of primary amides is 1. The lowest BCUT2D eigenvalue weighted by Crippen LogP contribution is -2.52. The van der Waals surface area contributed by atoms with Gasteiger partial charge in [0, 0.05) is 23.2 Å². The number of carbonyl (C=O) groups is 3. The minimum atomic E-state index is -5.01. The SMILES string of the molecule is NC(=O)C(CN(Cc1ccccc1OC(F)(F)F)C(=O)c1ccc2c(c1)B(O)OC2)NC(=O)c1ccc2c(c1)B(O)OC2. The van der Waals surface area contributed by atoms with Crippen molar-refractivity contribution in [1.29, 1.82) is 0 Å². The Morgan fingerprint density at radius 2 is 1.53 bits per heavy atom. The van der Waals surface area contributed by atoms with Crippen LogP contribution in [0, 0.1) is 0 Å². The van der Waals surface area contributed by atoms with E-state index >= 15 is 0 Å². The molecule has 2 heterocycles. The minimum Gasteiger partial charge on any atom is -0.423 e. The molecule has 3 aromatic carbocycles. The topological polar surface area (TPSA) is 161 Å². The maximum Gasteiger partial charge on any atom is 0.573 e. The van der Waals surface area contributed by atoms with Gasteiger partial charge in [-0.1, -0.05) is 30.3 Å². The van der Waals surface area contributed by atoms with Crippen molar-refractivity contribution in [3.8, 4) is 5.75 Å². The van der Waals surface area contributed by atoms with E-state index in [0.29, 0.717) is 22.1 Å². The van der Waals surface area contributed by atoms with Crippen molar-refractivity contribution in [2.24, 2.45) is 5.73 Å². The van der Waals surface area contributed by atoms with E-state index in [1.807, 2.05) is 0 Å². The Hall–Kier alpha value is -4.37. The Labute approximate surface area is 243 Å². The van der Waals surface area contributed by atoms with E-state index in [2.05, 4.69) is 10.1 Å². The molecule has 3 amide bonds. The molecule has 16 heteroatoms. The van der Waals surface area contributed by atoms with Crippen molar-refractivity contribution >= 4 is 42.9 Å². The molecule has 0 aliphatic carbocycles. The number of halogens is 3. The van der Waals surface area contributed by atoms with E-state index < -0.39 is 63.2 Å². The lowest BCUT2D eigenvalue weighted by molar-refractivity contribution is -0.275. The summed E-state index contributed by atoms with van der Waals surface area (Å²) in [6.07, 6.45) is -5.01. The van der Waals surface area contributed by atoms with Crippen LogP contribution >= 0.6 is 0 Å². The number of nitrogens with two attached hydrogens (primary N) is 1. The zero-order chi connectivity index (χ0) is 30.9. The van der Waals surface area contributed by atoms with E-state index in [1.165, 1.54) is 42.5 Å². The van der Waals surface area contributed by atoms with Crippen molar-refractivity contribution in [2.45, 2.75) is 32.2 Å². The Bertz CT molecular complexity index is 1570. The van der Waals surface area contributed by atoms with E-state index in [-0.39, 0.29) is 29.9 Å². The van der Waals surface area contributed by atoms with Crippen LogP contribution in [0.15, 0.2) is 60.7 Å². The second kappa shape index (κ2) is 12.1. The molecule has 5 N–H and O–H groups in total. The van der Waals surface area contributed by atoms with Crippen LogP contribution in [0.1, 0.15) is 37.4 Å². The molecule has 2 aliphatic heterocycles. The number of fused-ring (bicyclic) bond motifs is 2. The van der Waals surface area contributed by atoms with Gasteiger partial charge in [-0.15, -0.1) is 13.2 Å². The third-order valence-electron chi connectivity index (χ3n) is 7.02. The van der Waals surface area contributed by atoms with E-state index in [1.54, 1.807) is 12.1 Å². The predicted octanol–water partition coefficient (Wildman–Crippen LogP) is -0.0531. The summed E-state index contributed by atoms with van der Waals surface area (Å²) in [5.41, 5.74) is 7.70. The van der Waals surface area contributed by atoms with Gasteiger partial charge in [-0.25, -0.2) is 0 Å². The van der Waals surface area contributed by atoms with Crippen LogP contribution in [0.4, 0.5) is 13.2 Å². The van der Waals surface area contributed by atoms with Gasteiger partial charge >= 0.3 is 20.6 Å². The number of alkyl halides is 3. The number of ether oxygens (including phenoxy) is 1. The number of amides is 3. The van der Waals surface area contributed by atoms with Gasteiger partial charge in [0.25, 0.3) is 11.8 Å². The molecule has 11 nitrogen and oxygen atoms in total. The van der Waals surface area contributed by atoms with Gasteiger partial charge in [-0.3, -0.25) is 14.4 Å². The van der Waals surface area contributed by atoms with Crippen molar-refractivity contribution < 1.29 is 51.6 Å². The van der Waals surface area contributed by atoms with Crippen LogP contribution in [-0.2, 0) is 33.9 Å². The van der Waals surface area contributed by atoms with Crippen molar-refractivity contribution in [3.63, 3.8) is 0 Å². The second-order valence-electron chi connectivity index (χ2n) is 9.92. The fourth-order valence-electron chi connectivity index (χ4n) is 4.84. The molecule has 222 valence electrons. The zero-order valence-electron chi connectivity index (χ0n) is 22.3. The normalized spacial score (nSPS) is 14.6. The third kappa shape index (κ3) is 6.83. The molecule has 3 aromatic rings. The summed E-state index contributed by atoms with van der Waals surface area (Å²) in [5, 5.41) is 22.5. The van der Waals surface area contributed by atoms with Crippen molar-refractivity contribution in [2.75, 3.05) is 6.54 Å². The molecule has 43 heavy (non-hydrogen) atoms. The van der Waals surface area contributed by atoms with Gasteiger partial charge in [0.15, 0.2) is 0 Å². The lowest BCUT2D eigenvalue weighted by Gasteiger charge is -2.28. The summed E-state index contributed by atoms with van der Waals surface area (Å²) < 4.78 is 53.7. The number of para-hydroxylation sites is 1. The van der Waals surface area contributed by atoms with Gasteiger partial charge in [-0.05, 0) is 52.4 Å². The summed E-state index contributed by atoms with van der Waals surface area (Å²) in [7, 11) is -2.50. The quantitative estimate of drug-likeness (QED) is 0.250. The minimum absolute atomic E-state index is 0.0414. The van der Waals surface area contributed by atoms with Gasteiger partial charge in [0.1, 0.15) is 11.8 Å². The molecule has 1 unspecified atom stereocenters.